The summed E-state index contributed by atoms with van der Waals surface area (Å²) < 4.78 is 18.8. The number of nitriles is 1. The topological polar surface area (TPSA) is 74.5 Å². The summed E-state index contributed by atoms with van der Waals surface area (Å²) in [5.74, 6) is -0.431. The monoisotopic (exact) mass is 311 g/mol. The van der Waals surface area contributed by atoms with E-state index in [1.165, 1.54) is 12.3 Å². The van der Waals surface area contributed by atoms with Crippen LogP contribution in [-0.2, 0) is 4.79 Å². The first-order valence-corrected chi connectivity index (χ1v) is 6.84. The predicted molar refractivity (Wildman–Crippen MR) is 83.4 cm³/mol. The van der Waals surface area contributed by atoms with E-state index in [1.54, 1.807) is 49.4 Å². The van der Waals surface area contributed by atoms with Crippen LogP contribution in [0.1, 0.15) is 18.1 Å². The van der Waals surface area contributed by atoms with Gasteiger partial charge in [0.1, 0.15) is 11.6 Å². The lowest BCUT2D eigenvalue weighted by Gasteiger charge is -2.12. The van der Waals surface area contributed by atoms with Crippen LogP contribution < -0.4 is 10.2 Å². The van der Waals surface area contributed by atoms with E-state index in [1.807, 2.05) is 6.07 Å². The van der Waals surface area contributed by atoms with Gasteiger partial charge in [0.25, 0.3) is 5.91 Å². The van der Waals surface area contributed by atoms with Crippen LogP contribution >= 0.6 is 0 Å². The highest BCUT2D eigenvalue weighted by molar-refractivity contribution is 5.84. The molecule has 0 unspecified atom stereocenters. The molecule has 2 aromatic carbocycles. The quantitative estimate of drug-likeness (QED) is 0.681. The number of benzene rings is 2. The minimum absolute atomic E-state index is 0.272. The van der Waals surface area contributed by atoms with E-state index in [2.05, 4.69) is 10.5 Å². The molecule has 0 aliphatic carbocycles. The molecule has 0 saturated heterocycles. The molecule has 0 spiro atoms. The van der Waals surface area contributed by atoms with E-state index < -0.39 is 17.8 Å². The van der Waals surface area contributed by atoms with Crippen molar-refractivity contribution in [3.05, 3.63) is 65.5 Å². The molecule has 0 radical (unpaired) electrons. The van der Waals surface area contributed by atoms with Gasteiger partial charge in [-0.25, -0.2) is 9.82 Å². The molecule has 0 aromatic heterocycles. The zero-order valence-electron chi connectivity index (χ0n) is 12.4. The second-order valence-corrected chi connectivity index (χ2v) is 4.65. The normalized spacial score (nSPS) is 11.7. The zero-order valence-corrected chi connectivity index (χ0v) is 12.4. The number of hydrazone groups is 1. The fraction of sp³-hybridized carbons (Fsp3) is 0.118. The Labute approximate surface area is 133 Å². The summed E-state index contributed by atoms with van der Waals surface area (Å²) in [6, 6.07) is 14.5. The molecule has 5 nitrogen and oxygen atoms in total. The van der Waals surface area contributed by atoms with Crippen molar-refractivity contribution in [3.8, 4) is 11.8 Å². The molecule has 0 heterocycles. The molecule has 6 heteroatoms. The van der Waals surface area contributed by atoms with Gasteiger partial charge in [-0.3, -0.25) is 4.79 Å². The molecule has 23 heavy (non-hydrogen) atoms. The molecule has 1 amide bonds. The van der Waals surface area contributed by atoms with Crippen molar-refractivity contribution in [1.82, 2.24) is 5.43 Å². The highest BCUT2D eigenvalue weighted by atomic mass is 19.1. The Hall–Kier alpha value is -3.20. The van der Waals surface area contributed by atoms with Crippen LogP contribution in [0.5, 0.6) is 5.75 Å². The fourth-order valence-corrected chi connectivity index (χ4v) is 1.70. The number of nitrogens with zero attached hydrogens (tertiary/aromatic N) is 2. The minimum Gasteiger partial charge on any atom is -0.481 e. The molecule has 0 aliphatic rings. The molecule has 2 aromatic rings. The second-order valence-electron chi connectivity index (χ2n) is 4.65. The summed E-state index contributed by atoms with van der Waals surface area (Å²) in [5.41, 5.74) is 3.06. The van der Waals surface area contributed by atoms with Gasteiger partial charge in [-0.05, 0) is 37.3 Å². The first-order valence-electron chi connectivity index (χ1n) is 6.84. The molecule has 2 rings (SSSR count). The van der Waals surface area contributed by atoms with Gasteiger partial charge in [0.05, 0.1) is 17.8 Å². The largest absolute Gasteiger partial charge is 0.481 e. The van der Waals surface area contributed by atoms with E-state index in [-0.39, 0.29) is 5.56 Å². The zero-order chi connectivity index (χ0) is 16.7. The van der Waals surface area contributed by atoms with Gasteiger partial charge in [-0.2, -0.15) is 10.4 Å². The Kier molecular flexibility index (Phi) is 5.42. The highest BCUT2D eigenvalue weighted by Crippen LogP contribution is 2.13. The molecular formula is C17H14FN3O2. The third kappa shape index (κ3) is 4.64. The van der Waals surface area contributed by atoms with Crippen molar-refractivity contribution < 1.29 is 13.9 Å². The summed E-state index contributed by atoms with van der Waals surface area (Å²) in [6.45, 7) is 1.56. The third-order valence-corrected chi connectivity index (χ3v) is 2.95. The predicted octanol–water partition coefficient (Wildman–Crippen LogP) is 2.61. The number of amides is 1. The number of carbonyl (C=O) groups is 1. The number of ether oxygens (including phenoxy) is 1. The number of carbonyl (C=O) groups excluding carboxylic acids is 1. The van der Waals surface area contributed by atoms with Crippen LogP contribution in [0, 0.1) is 17.1 Å². The van der Waals surface area contributed by atoms with Gasteiger partial charge < -0.3 is 4.74 Å². The van der Waals surface area contributed by atoms with Crippen LogP contribution in [0.4, 0.5) is 4.39 Å². The van der Waals surface area contributed by atoms with Gasteiger partial charge in [0.15, 0.2) is 6.10 Å². The number of nitrogens with one attached hydrogen (secondary N) is 1. The van der Waals surface area contributed by atoms with Crippen LogP contribution in [0.2, 0.25) is 0 Å². The molecule has 1 N–H and O–H groups in total. The van der Waals surface area contributed by atoms with E-state index in [0.717, 1.165) is 0 Å². The van der Waals surface area contributed by atoms with Crippen molar-refractivity contribution in [3.63, 3.8) is 0 Å². The maximum absolute atomic E-state index is 13.4. The molecule has 1 atom stereocenters. The van der Waals surface area contributed by atoms with Gasteiger partial charge in [0.2, 0.25) is 0 Å². The Bertz CT molecular complexity index is 751. The van der Waals surface area contributed by atoms with E-state index in [9.17, 15) is 9.18 Å². The van der Waals surface area contributed by atoms with E-state index in [4.69, 9.17) is 10.00 Å². The Balaban J connectivity index is 1.89. The summed E-state index contributed by atoms with van der Waals surface area (Å²) in [5, 5.41) is 12.4. The molecule has 116 valence electrons. The van der Waals surface area contributed by atoms with Crippen LogP contribution in [-0.4, -0.2) is 18.2 Å². The van der Waals surface area contributed by atoms with Crippen molar-refractivity contribution >= 4 is 12.1 Å². The third-order valence-electron chi connectivity index (χ3n) is 2.95. The maximum Gasteiger partial charge on any atom is 0.280 e. The van der Waals surface area contributed by atoms with E-state index in [0.29, 0.717) is 11.3 Å². The number of halogens is 1. The fourth-order valence-electron chi connectivity index (χ4n) is 1.70. The standard InChI is InChI=1S/C17H14FN3O2/c1-12(23-15-8-6-13(10-19)7-9-15)17(22)21-20-11-14-4-2-3-5-16(14)18/h2-9,11-12H,1H3,(H,21,22)/t12-/m0/s1. The van der Waals surface area contributed by atoms with Crippen LogP contribution in [0.15, 0.2) is 53.6 Å². The molecular weight excluding hydrogens is 297 g/mol. The first kappa shape index (κ1) is 16.2. The summed E-state index contributed by atoms with van der Waals surface area (Å²) in [6.07, 6.45) is 0.433. The number of rotatable bonds is 5. The Morgan fingerprint density at radius 2 is 2.00 bits per heavy atom. The number of hydrogen-bond donors (Lipinski definition) is 1. The average molecular weight is 311 g/mol. The maximum atomic E-state index is 13.4. The van der Waals surface area contributed by atoms with Crippen molar-refractivity contribution in [2.45, 2.75) is 13.0 Å². The Morgan fingerprint density at radius 3 is 2.65 bits per heavy atom. The smallest absolute Gasteiger partial charge is 0.280 e. The average Bonchev–Trinajstić information content (AvgIpc) is 2.57. The van der Waals surface area contributed by atoms with Gasteiger partial charge in [-0.15, -0.1) is 0 Å². The summed E-state index contributed by atoms with van der Waals surface area (Å²) in [7, 11) is 0. The van der Waals surface area contributed by atoms with Crippen LogP contribution in [0.3, 0.4) is 0 Å². The van der Waals surface area contributed by atoms with Gasteiger partial charge in [-0.1, -0.05) is 18.2 Å². The minimum atomic E-state index is -0.791. The highest BCUT2D eigenvalue weighted by Gasteiger charge is 2.13. The molecule has 0 bridgehead atoms. The van der Waals surface area contributed by atoms with E-state index >= 15 is 0 Å². The first-order chi connectivity index (χ1) is 11.1. The molecule has 0 saturated carbocycles. The van der Waals surface area contributed by atoms with Crippen LogP contribution in [0.25, 0.3) is 0 Å². The SMILES string of the molecule is C[C@H](Oc1ccc(C#N)cc1)C(=O)NN=Cc1ccccc1F. The molecule has 0 aliphatic heterocycles. The van der Waals surface area contributed by atoms with Crippen molar-refractivity contribution in [1.29, 1.82) is 5.26 Å². The van der Waals surface area contributed by atoms with Gasteiger partial charge >= 0.3 is 0 Å². The Morgan fingerprint density at radius 1 is 1.30 bits per heavy atom. The van der Waals surface area contributed by atoms with Crippen molar-refractivity contribution in [2.24, 2.45) is 5.10 Å². The van der Waals surface area contributed by atoms with Crippen molar-refractivity contribution in [2.75, 3.05) is 0 Å². The lowest BCUT2D eigenvalue weighted by Crippen LogP contribution is -2.33. The number of hydrogen-bond acceptors (Lipinski definition) is 4. The second kappa shape index (κ2) is 7.71. The summed E-state index contributed by atoms with van der Waals surface area (Å²) in [4.78, 5) is 11.8. The summed E-state index contributed by atoms with van der Waals surface area (Å²) >= 11 is 0. The lowest BCUT2D eigenvalue weighted by atomic mass is 10.2. The van der Waals surface area contributed by atoms with Gasteiger partial charge in [0, 0.05) is 5.56 Å². The lowest BCUT2D eigenvalue weighted by molar-refractivity contribution is -0.127. The molecule has 0 fully saturated rings.